The Balaban J connectivity index is 0.839. The van der Waals surface area contributed by atoms with Crippen molar-refractivity contribution in [2.75, 3.05) is 0 Å². The van der Waals surface area contributed by atoms with Gasteiger partial charge in [0.25, 0.3) is 0 Å². The molecule has 4 aromatic heterocycles. The van der Waals surface area contributed by atoms with Gasteiger partial charge < -0.3 is 18.0 Å². The standard InChI is InChI=1S/C89H76N2O2/c1-3-5-7-9-11-23-49-89(50-24-12-10-8-6-4-2)79-57-66(59-25-15-13-16-26-59)33-41-69(79)70-42-40-68(58-80(70)89)91-83-45-36-61(52-75(83)76-54-63(37-46-84(76)91)65-39-48-88-78(56-65)72-30-20-22-32-86(72)93-88)60-34-43-81-73(51-60)74-53-62(35-44-82(74)90(81)67-27-17-14-18-28-67)64-38-47-87-77(55-64)71-29-19-21-31-85(71)92-87/h13-22,25-48,51-58H,3-12,23-24,49-50H2,1-2H3. The lowest BCUT2D eigenvalue weighted by Gasteiger charge is -2.33. The summed E-state index contributed by atoms with van der Waals surface area (Å²) < 4.78 is 17.7. The van der Waals surface area contributed by atoms with Crippen LogP contribution in [0.1, 0.15) is 115 Å². The molecule has 0 fully saturated rings. The molecule has 454 valence electrons. The van der Waals surface area contributed by atoms with E-state index >= 15 is 0 Å². The van der Waals surface area contributed by atoms with Crippen LogP contribution in [-0.2, 0) is 5.41 Å². The molecule has 0 amide bonds. The zero-order chi connectivity index (χ0) is 62.0. The second kappa shape index (κ2) is 23.8. The van der Waals surface area contributed by atoms with Gasteiger partial charge in [-0.1, -0.05) is 230 Å². The first-order chi connectivity index (χ1) is 46.0. The third-order valence-corrected chi connectivity index (χ3v) is 20.9. The van der Waals surface area contributed by atoms with Crippen LogP contribution in [0.4, 0.5) is 0 Å². The normalized spacial score (nSPS) is 12.9. The maximum atomic E-state index is 6.37. The maximum Gasteiger partial charge on any atom is 0.135 e. The number of furan rings is 2. The highest BCUT2D eigenvalue weighted by Crippen LogP contribution is 2.56. The van der Waals surface area contributed by atoms with Crippen molar-refractivity contribution < 1.29 is 8.83 Å². The first kappa shape index (κ1) is 56.8. The van der Waals surface area contributed by atoms with E-state index in [0.29, 0.717) is 0 Å². The predicted octanol–water partition coefficient (Wildman–Crippen LogP) is 26.1. The van der Waals surface area contributed by atoms with Gasteiger partial charge in [-0.05, 0) is 195 Å². The number of benzene rings is 12. The lowest BCUT2D eigenvalue weighted by atomic mass is 9.70. The summed E-state index contributed by atoms with van der Waals surface area (Å²) in [6.07, 6.45) is 17.7. The molecule has 0 spiro atoms. The van der Waals surface area contributed by atoms with E-state index in [1.807, 2.05) is 6.07 Å². The minimum atomic E-state index is -0.110. The number of unbranched alkanes of at least 4 members (excludes halogenated alkanes) is 10. The number of aromatic nitrogens is 2. The van der Waals surface area contributed by atoms with Gasteiger partial charge >= 0.3 is 0 Å². The number of hydrogen-bond acceptors (Lipinski definition) is 2. The molecule has 0 saturated carbocycles. The SMILES string of the molecule is CCCCCCCCC1(CCCCCCCC)c2cc(-c3ccccc3)ccc2-c2ccc(-n3c4ccc(-c5ccc6oc7ccccc7c6c5)cc4c4cc(-c5ccc6c(c5)c5cc(-c7ccc8oc9ccccc9c8c7)ccc5n6-c5ccccc5)ccc43)cc21. The summed E-state index contributed by atoms with van der Waals surface area (Å²) in [5.74, 6) is 0. The summed E-state index contributed by atoms with van der Waals surface area (Å²) in [4.78, 5) is 0. The van der Waals surface area contributed by atoms with Gasteiger partial charge in [-0.3, -0.25) is 0 Å². The molecule has 0 radical (unpaired) electrons. The first-order valence-electron chi connectivity index (χ1n) is 34.4. The van der Waals surface area contributed by atoms with Crippen molar-refractivity contribution in [2.24, 2.45) is 0 Å². The molecule has 93 heavy (non-hydrogen) atoms. The highest BCUT2D eigenvalue weighted by atomic mass is 16.3. The topological polar surface area (TPSA) is 36.1 Å². The van der Waals surface area contributed by atoms with E-state index in [-0.39, 0.29) is 5.41 Å². The average molecular weight is 1210 g/mol. The Morgan fingerprint density at radius 2 is 0.613 bits per heavy atom. The molecular formula is C89H76N2O2. The number of nitrogens with zero attached hydrogens (tertiary/aromatic N) is 2. The van der Waals surface area contributed by atoms with Crippen LogP contribution in [0.2, 0.25) is 0 Å². The van der Waals surface area contributed by atoms with Crippen molar-refractivity contribution in [1.29, 1.82) is 0 Å². The summed E-state index contributed by atoms with van der Waals surface area (Å²) in [6, 6.07) is 95.6. The highest BCUT2D eigenvalue weighted by molar-refractivity contribution is 6.15. The van der Waals surface area contributed by atoms with Crippen LogP contribution in [0.5, 0.6) is 0 Å². The third kappa shape index (κ3) is 9.88. The summed E-state index contributed by atoms with van der Waals surface area (Å²) in [5.41, 5.74) is 26.2. The first-order valence-corrected chi connectivity index (χ1v) is 34.4. The molecule has 1 aliphatic rings. The average Bonchev–Trinajstić information content (AvgIpc) is 1.55. The molecule has 12 aromatic carbocycles. The zero-order valence-electron chi connectivity index (χ0n) is 53.4. The molecule has 17 rings (SSSR count). The van der Waals surface area contributed by atoms with Gasteiger partial charge in [-0.25, -0.2) is 0 Å². The van der Waals surface area contributed by atoms with Gasteiger partial charge in [0.05, 0.1) is 22.1 Å². The van der Waals surface area contributed by atoms with E-state index in [1.165, 1.54) is 193 Å². The molecule has 4 nitrogen and oxygen atoms in total. The molecular weight excluding hydrogens is 1130 g/mol. The highest BCUT2D eigenvalue weighted by Gasteiger charge is 2.43. The van der Waals surface area contributed by atoms with Gasteiger partial charge in [-0.2, -0.15) is 0 Å². The van der Waals surface area contributed by atoms with Crippen molar-refractivity contribution in [2.45, 2.75) is 109 Å². The van der Waals surface area contributed by atoms with Crippen molar-refractivity contribution in [3.63, 3.8) is 0 Å². The Bertz CT molecular complexity index is 5480. The Labute approximate surface area is 544 Å². The number of para-hydroxylation sites is 3. The quantitative estimate of drug-likeness (QED) is 0.0713. The molecule has 0 atom stereocenters. The third-order valence-electron chi connectivity index (χ3n) is 20.9. The Morgan fingerprint density at radius 1 is 0.258 bits per heavy atom. The fraction of sp³-hybridized carbons (Fsp3) is 0.191. The second-order valence-electron chi connectivity index (χ2n) is 26.5. The summed E-state index contributed by atoms with van der Waals surface area (Å²) in [7, 11) is 0. The summed E-state index contributed by atoms with van der Waals surface area (Å²) in [5, 5.41) is 9.45. The predicted molar refractivity (Wildman–Crippen MR) is 394 cm³/mol. The zero-order valence-corrected chi connectivity index (χ0v) is 53.4. The molecule has 0 unspecified atom stereocenters. The molecule has 0 N–H and O–H groups in total. The van der Waals surface area contributed by atoms with Gasteiger partial charge in [0.2, 0.25) is 0 Å². The minimum Gasteiger partial charge on any atom is -0.456 e. The number of fused-ring (bicyclic) bond motifs is 15. The van der Waals surface area contributed by atoms with Gasteiger partial charge in [0.1, 0.15) is 22.3 Å². The molecule has 4 heteroatoms. The Hall–Kier alpha value is -10.2. The number of rotatable bonds is 20. The van der Waals surface area contributed by atoms with Crippen LogP contribution in [0.3, 0.4) is 0 Å². The van der Waals surface area contributed by atoms with E-state index in [9.17, 15) is 0 Å². The van der Waals surface area contributed by atoms with E-state index in [0.717, 1.165) is 62.4 Å². The van der Waals surface area contributed by atoms with Crippen LogP contribution in [-0.4, -0.2) is 9.13 Å². The van der Waals surface area contributed by atoms with E-state index < -0.39 is 0 Å². The molecule has 0 aliphatic heterocycles. The monoisotopic (exact) mass is 1200 g/mol. The Morgan fingerprint density at radius 3 is 1.10 bits per heavy atom. The minimum absolute atomic E-state index is 0.110. The van der Waals surface area contributed by atoms with E-state index in [1.54, 1.807) is 0 Å². The van der Waals surface area contributed by atoms with Gasteiger partial charge in [-0.15, -0.1) is 0 Å². The molecule has 1 aliphatic carbocycles. The van der Waals surface area contributed by atoms with Crippen molar-refractivity contribution in [1.82, 2.24) is 9.13 Å². The number of hydrogen-bond donors (Lipinski definition) is 0. The molecule has 16 aromatic rings. The van der Waals surface area contributed by atoms with Crippen LogP contribution in [0.25, 0.3) is 154 Å². The van der Waals surface area contributed by atoms with E-state index in [4.69, 9.17) is 8.83 Å². The van der Waals surface area contributed by atoms with Gasteiger partial charge in [0.15, 0.2) is 0 Å². The van der Waals surface area contributed by atoms with Crippen molar-refractivity contribution in [3.8, 4) is 67.0 Å². The second-order valence-corrected chi connectivity index (χ2v) is 26.5. The maximum absolute atomic E-state index is 6.37. The smallest absolute Gasteiger partial charge is 0.135 e. The van der Waals surface area contributed by atoms with Crippen LogP contribution in [0.15, 0.2) is 264 Å². The molecule has 0 saturated heterocycles. The fourth-order valence-corrected chi connectivity index (χ4v) is 16.2. The summed E-state index contributed by atoms with van der Waals surface area (Å²) >= 11 is 0. The largest absolute Gasteiger partial charge is 0.456 e. The lowest BCUT2D eigenvalue weighted by Crippen LogP contribution is -2.26. The lowest BCUT2D eigenvalue weighted by molar-refractivity contribution is 0.398. The molecule has 4 heterocycles. The van der Waals surface area contributed by atoms with Gasteiger partial charge in [0, 0.05) is 59.9 Å². The van der Waals surface area contributed by atoms with Crippen molar-refractivity contribution >= 4 is 87.5 Å². The van der Waals surface area contributed by atoms with Crippen molar-refractivity contribution in [3.05, 3.63) is 266 Å². The fourth-order valence-electron chi connectivity index (χ4n) is 16.2. The molecule has 0 bridgehead atoms. The van der Waals surface area contributed by atoms with Crippen LogP contribution < -0.4 is 0 Å². The summed E-state index contributed by atoms with van der Waals surface area (Å²) in [6.45, 7) is 4.66. The van der Waals surface area contributed by atoms with Crippen LogP contribution >= 0.6 is 0 Å². The Kier molecular flexibility index (Phi) is 14.5. The van der Waals surface area contributed by atoms with E-state index in [2.05, 4.69) is 272 Å². The van der Waals surface area contributed by atoms with Crippen LogP contribution in [0, 0.1) is 0 Å².